The lowest BCUT2D eigenvalue weighted by molar-refractivity contribution is -0.144. The molecule has 0 aliphatic rings. The van der Waals surface area contributed by atoms with E-state index in [4.69, 9.17) is 0 Å². The van der Waals surface area contributed by atoms with E-state index in [0.717, 1.165) is 16.1 Å². The minimum Gasteiger partial charge on any atom is -0.305 e. The second-order valence-electron chi connectivity index (χ2n) is 4.41. The van der Waals surface area contributed by atoms with Crippen molar-refractivity contribution in [1.82, 2.24) is 30.3 Å². The molecule has 0 saturated heterocycles. The van der Waals surface area contributed by atoms with Crippen molar-refractivity contribution in [1.29, 1.82) is 0 Å². The van der Waals surface area contributed by atoms with Gasteiger partial charge in [0.2, 0.25) is 0 Å². The topological polar surface area (TPSA) is 68.5 Å². The molecular formula is C12H15F3N6. The molecule has 1 N–H and O–H groups in total. The Kier molecular flexibility index (Phi) is 4.51. The molecule has 21 heavy (non-hydrogen) atoms. The van der Waals surface area contributed by atoms with Gasteiger partial charge in [0.05, 0.1) is 11.4 Å². The maximum absolute atomic E-state index is 12.9. The van der Waals surface area contributed by atoms with Gasteiger partial charge in [-0.1, -0.05) is 12.1 Å². The molecule has 2 rings (SSSR count). The Balaban J connectivity index is 2.05. The molecule has 2 aromatic heterocycles. The highest BCUT2D eigenvalue weighted by atomic mass is 19.4. The Hall–Kier alpha value is -2.03. The number of alkyl halides is 3. The molecule has 0 bridgehead atoms. The third-order valence-electron chi connectivity index (χ3n) is 2.95. The number of halogens is 3. The van der Waals surface area contributed by atoms with Crippen molar-refractivity contribution >= 4 is 0 Å². The second-order valence-corrected chi connectivity index (χ2v) is 4.41. The van der Waals surface area contributed by atoms with Crippen LogP contribution in [0.25, 0.3) is 0 Å². The molecule has 0 aliphatic carbocycles. The van der Waals surface area contributed by atoms with Gasteiger partial charge >= 0.3 is 6.18 Å². The maximum Gasteiger partial charge on any atom is 0.434 e. The Morgan fingerprint density at radius 1 is 1.10 bits per heavy atom. The molecule has 114 valence electrons. The van der Waals surface area contributed by atoms with Crippen molar-refractivity contribution in [2.45, 2.75) is 32.6 Å². The number of hydrogen-bond acceptors (Lipinski definition) is 5. The first kappa shape index (κ1) is 15.4. The van der Waals surface area contributed by atoms with Crippen LogP contribution in [0.3, 0.4) is 0 Å². The van der Waals surface area contributed by atoms with Gasteiger partial charge in [-0.2, -0.15) is 13.2 Å². The highest BCUT2D eigenvalue weighted by Crippen LogP contribution is 2.30. The SMILES string of the molecule is CCc1nccnc1CNCc1nnn(C)c1C(F)(F)F. The molecule has 0 spiro atoms. The van der Waals surface area contributed by atoms with Crippen molar-refractivity contribution in [2.24, 2.45) is 7.05 Å². The van der Waals surface area contributed by atoms with Gasteiger partial charge in [-0.3, -0.25) is 9.97 Å². The van der Waals surface area contributed by atoms with Crippen LogP contribution >= 0.6 is 0 Å². The number of hydrogen-bond donors (Lipinski definition) is 1. The first-order chi connectivity index (χ1) is 9.93. The summed E-state index contributed by atoms with van der Waals surface area (Å²) in [5, 5.41) is 9.87. The summed E-state index contributed by atoms with van der Waals surface area (Å²) in [5.74, 6) is 0. The lowest BCUT2D eigenvalue weighted by atomic mass is 10.2. The highest BCUT2D eigenvalue weighted by molar-refractivity contribution is 5.14. The normalized spacial score (nSPS) is 11.9. The van der Waals surface area contributed by atoms with Crippen molar-refractivity contribution < 1.29 is 13.2 Å². The molecule has 2 aromatic rings. The summed E-state index contributed by atoms with van der Waals surface area (Å²) in [4.78, 5) is 8.34. The largest absolute Gasteiger partial charge is 0.434 e. The third-order valence-corrected chi connectivity index (χ3v) is 2.95. The number of rotatable bonds is 5. The molecule has 2 heterocycles. The third kappa shape index (κ3) is 3.54. The second kappa shape index (κ2) is 6.17. The fraction of sp³-hybridized carbons (Fsp3) is 0.500. The van der Waals surface area contributed by atoms with Gasteiger partial charge in [0.15, 0.2) is 5.69 Å². The minimum absolute atomic E-state index is 0.0393. The van der Waals surface area contributed by atoms with E-state index in [9.17, 15) is 13.2 Å². The van der Waals surface area contributed by atoms with Crippen LogP contribution in [-0.4, -0.2) is 25.0 Å². The summed E-state index contributed by atoms with van der Waals surface area (Å²) in [6.07, 6.45) is -0.618. The van der Waals surface area contributed by atoms with Crippen LogP contribution in [0.15, 0.2) is 12.4 Å². The van der Waals surface area contributed by atoms with Crippen LogP contribution in [-0.2, 0) is 32.7 Å². The van der Waals surface area contributed by atoms with Crippen LogP contribution < -0.4 is 5.32 Å². The molecule has 0 fully saturated rings. The van der Waals surface area contributed by atoms with Crippen LogP contribution in [0.4, 0.5) is 13.2 Å². The fourth-order valence-corrected chi connectivity index (χ4v) is 2.00. The molecule has 0 unspecified atom stereocenters. The quantitative estimate of drug-likeness (QED) is 0.906. The number of aryl methyl sites for hydroxylation is 2. The number of nitrogens with zero attached hydrogens (tertiary/aromatic N) is 5. The monoisotopic (exact) mass is 300 g/mol. The molecule has 0 atom stereocenters. The van der Waals surface area contributed by atoms with E-state index in [1.807, 2.05) is 6.92 Å². The first-order valence-corrected chi connectivity index (χ1v) is 6.38. The van der Waals surface area contributed by atoms with Crippen molar-refractivity contribution in [3.05, 3.63) is 35.2 Å². The Labute approximate surface area is 119 Å². The number of nitrogens with one attached hydrogen (secondary N) is 1. The Bertz CT molecular complexity index is 607. The summed E-state index contributed by atoms with van der Waals surface area (Å²) in [5.41, 5.74) is 0.564. The molecule has 0 amide bonds. The fourth-order valence-electron chi connectivity index (χ4n) is 2.00. The molecule has 9 heteroatoms. The molecule has 0 aliphatic heterocycles. The van der Waals surface area contributed by atoms with Gasteiger partial charge in [-0.15, -0.1) is 5.10 Å². The molecule has 6 nitrogen and oxygen atoms in total. The summed E-state index contributed by atoms with van der Waals surface area (Å²) in [6.45, 7) is 2.23. The highest BCUT2D eigenvalue weighted by Gasteiger charge is 2.38. The average Bonchev–Trinajstić information content (AvgIpc) is 2.80. The van der Waals surface area contributed by atoms with E-state index in [0.29, 0.717) is 13.0 Å². The Morgan fingerprint density at radius 3 is 2.33 bits per heavy atom. The smallest absolute Gasteiger partial charge is 0.305 e. The van der Waals surface area contributed by atoms with Crippen molar-refractivity contribution in [3.8, 4) is 0 Å². The molecule has 0 saturated carbocycles. The van der Waals surface area contributed by atoms with Crippen LogP contribution in [0.5, 0.6) is 0 Å². The van der Waals surface area contributed by atoms with E-state index in [1.54, 1.807) is 12.4 Å². The average molecular weight is 300 g/mol. The number of aromatic nitrogens is 5. The van der Waals surface area contributed by atoms with Gasteiger partial charge in [0.1, 0.15) is 5.69 Å². The van der Waals surface area contributed by atoms with E-state index >= 15 is 0 Å². The lowest BCUT2D eigenvalue weighted by Crippen LogP contribution is -2.20. The van der Waals surface area contributed by atoms with Crippen molar-refractivity contribution in [2.75, 3.05) is 0 Å². The molecular weight excluding hydrogens is 285 g/mol. The zero-order valence-electron chi connectivity index (χ0n) is 11.6. The van der Waals surface area contributed by atoms with E-state index in [-0.39, 0.29) is 12.2 Å². The molecule has 0 aromatic carbocycles. The summed E-state index contributed by atoms with van der Waals surface area (Å²) in [6, 6.07) is 0. The van der Waals surface area contributed by atoms with Gasteiger partial charge in [-0.25, -0.2) is 4.68 Å². The predicted molar refractivity (Wildman–Crippen MR) is 68.0 cm³/mol. The lowest BCUT2D eigenvalue weighted by Gasteiger charge is -2.09. The van der Waals surface area contributed by atoms with Gasteiger partial charge in [0.25, 0.3) is 0 Å². The zero-order chi connectivity index (χ0) is 15.5. The first-order valence-electron chi connectivity index (χ1n) is 6.38. The van der Waals surface area contributed by atoms with E-state index < -0.39 is 11.9 Å². The van der Waals surface area contributed by atoms with E-state index in [1.165, 1.54) is 7.05 Å². The zero-order valence-corrected chi connectivity index (χ0v) is 11.6. The van der Waals surface area contributed by atoms with Gasteiger partial charge in [-0.05, 0) is 6.42 Å². The molecule has 0 radical (unpaired) electrons. The van der Waals surface area contributed by atoms with Crippen LogP contribution in [0.2, 0.25) is 0 Å². The summed E-state index contributed by atoms with van der Waals surface area (Å²) < 4.78 is 39.3. The van der Waals surface area contributed by atoms with Crippen LogP contribution in [0, 0.1) is 0 Å². The maximum atomic E-state index is 12.9. The van der Waals surface area contributed by atoms with Crippen molar-refractivity contribution in [3.63, 3.8) is 0 Å². The standard InChI is InChI=1S/C12H15F3N6/c1-3-8-9(18-5-4-17-8)6-16-7-10-11(12(13,14)15)21(2)20-19-10/h4-5,16H,3,6-7H2,1-2H3. The van der Waals surface area contributed by atoms with Gasteiger partial charge in [0, 0.05) is 32.5 Å². The minimum atomic E-state index is -4.48. The summed E-state index contributed by atoms with van der Waals surface area (Å²) >= 11 is 0. The van der Waals surface area contributed by atoms with Gasteiger partial charge < -0.3 is 5.32 Å². The predicted octanol–water partition coefficient (Wildman–Crippen LogP) is 1.48. The summed E-state index contributed by atoms with van der Waals surface area (Å²) in [7, 11) is 1.22. The van der Waals surface area contributed by atoms with Crippen LogP contribution in [0.1, 0.15) is 29.7 Å². The van der Waals surface area contributed by atoms with E-state index in [2.05, 4.69) is 25.6 Å². The Morgan fingerprint density at radius 2 is 1.71 bits per heavy atom.